The Morgan fingerprint density at radius 2 is 1.37 bits per heavy atom. The summed E-state index contributed by atoms with van der Waals surface area (Å²) in [6.45, 7) is 2.54. The van der Waals surface area contributed by atoms with Gasteiger partial charge in [-0.15, -0.1) is 0 Å². The zero-order valence-electron chi connectivity index (χ0n) is 17.1. The number of hydrogen-bond donors (Lipinski definition) is 1. The first-order valence-electron chi connectivity index (χ1n) is 10.5. The van der Waals surface area contributed by atoms with Gasteiger partial charge in [-0.05, 0) is 0 Å². The van der Waals surface area contributed by atoms with Crippen molar-refractivity contribution in [3.05, 3.63) is 102 Å². The van der Waals surface area contributed by atoms with Crippen LogP contribution >= 0.6 is 0 Å². The monoisotopic (exact) mass is 468 g/mol. The normalized spacial score (nSPS) is 23.6. The van der Waals surface area contributed by atoms with Crippen molar-refractivity contribution >= 4 is 19.4 Å². The summed E-state index contributed by atoms with van der Waals surface area (Å²) >= 11 is 0.178. The van der Waals surface area contributed by atoms with Crippen molar-refractivity contribution in [2.45, 2.75) is 42.6 Å². The van der Waals surface area contributed by atoms with E-state index in [1.807, 2.05) is 42.5 Å². The molecule has 0 aromatic heterocycles. The van der Waals surface area contributed by atoms with E-state index in [0.29, 0.717) is 6.61 Å². The molecular formula is C26H28O3Se. The number of hydrogen-bond acceptors (Lipinski definition) is 3. The molecule has 1 unspecified atom stereocenters. The van der Waals surface area contributed by atoms with E-state index in [0.717, 1.165) is 17.5 Å². The Kier molecular flexibility index (Phi) is 7.37. The van der Waals surface area contributed by atoms with Crippen LogP contribution in [0.4, 0.5) is 0 Å². The van der Waals surface area contributed by atoms with Gasteiger partial charge in [-0.3, -0.25) is 0 Å². The molecule has 0 saturated carbocycles. The van der Waals surface area contributed by atoms with Crippen molar-refractivity contribution in [2.75, 3.05) is 6.61 Å². The van der Waals surface area contributed by atoms with Gasteiger partial charge in [-0.25, -0.2) is 0 Å². The van der Waals surface area contributed by atoms with Gasteiger partial charge in [-0.2, -0.15) is 0 Å². The first-order valence-corrected chi connectivity index (χ1v) is 12.4. The summed E-state index contributed by atoms with van der Waals surface area (Å²) in [7, 11) is 0. The number of benzene rings is 3. The Bertz CT molecular complexity index is 888. The van der Waals surface area contributed by atoms with E-state index in [4.69, 9.17) is 9.47 Å². The van der Waals surface area contributed by atoms with Crippen LogP contribution in [0.3, 0.4) is 0 Å². The van der Waals surface area contributed by atoms with Crippen molar-refractivity contribution in [1.29, 1.82) is 0 Å². The van der Waals surface area contributed by atoms with Gasteiger partial charge in [0.1, 0.15) is 0 Å². The summed E-state index contributed by atoms with van der Waals surface area (Å²) in [6.07, 6.45) is -0.419. The van der Waals surface area contributed by atoms with Crippen LogP contribution in [0.2, 0.25) is 4.82 Å². The number of rotatable bonds is 7. The molecule has 0 bridgehead atoms. The van der Waals surface area contributed by atoms with E-state index in [9.17, 15) is 5.11 Å². The van der Waals surface area contributed by atoms with Crippen LogP contribution in [0.5, 0.6) is 0 Å². The van der Waals surface area contributed by atoms with Crippen LogP contribution in [-0.2, 0) is 9.47 Å². The predicted octanol–water partition coefficient (Wildman–Crippen LogP) is 4.47. The fourth-order valence-electron chi connectivity index (χ4n) is 3.88. The number of ether oxygens (including phenoxy) is 2. The van der Waals surface area contributed by atoms with Crippen molar-refractivity contribution in [2.24, 2.45) is 0 Å². The van der Waals surface area contributed by atoms with Gasteiger partial charge in [0.25, 0.3) is 0 Å². The number of aliphatic hydroxyl groups excluding tert-OH is 1. The molecule has 1 saturated heterocycles. The summed E-state index contributed by atoms with van der Waals surface area (Å²) < 4.78 is 14.2. The number of aliphatic hydroxyl groups is 1. The Balaban J connectivity index is 1.54. The van der Waals surface area contributed by atoms with Gasteiger partial charge in [0.2, 0.25) is 0 Å². The predicted molar refractivity (Wildman–Crippen MR) is 121 cm³/mol. The van der Waals surface area contributed by atoms with Crippen molar-refractivity contribution < 1.29 is 14.6 Å². The van der Waals surface area contributed by atoms with E-state index >= 15 is 0 Å². The van der Waals surface area contributed by atoms with Crippen LogP contribution in [0.15, 0.2) is 91.0 Å². The second-order valence-corrected chi connectivity index (χ2v) is 10.3. The molecule has 4 rings (SSSR count). The maximum atomic E-state index is 11.2. The molecule has 3 aromatic rings. The average Bonchev–Trinajstić information content (AvgIpc) is 2.83. The molecule has 1 aliphatic rings. The van der Waals surface area contributed by atoms with E-state index in [2.05, 4.69) is 55.5 Å². The van der Waals surface area contributed by atoms with Crippen LogP contribution in [0.1, 0.15) is 36.7 Å². The third-order valence-electron chi connectivity index (χ3n) is 5.49. The van der Waals surface area contributed by atoms with Gasteiger partial charge in [0.15, 0.2) is 0 Å². The van der Waals surface area contributed by atoms with Crippen molar-refractivity contribution in [1.82, 2.24) is 0 Å². The standard InChI is InChI=1S/C26H28O3Se/c1-2-23(30-21-16-10-5-11-17-21)24(27)22-18-28-25(19-12-6-3-7-13-19)26(29-22)20-14-8-4-9-15-20/h3-17,22-27H,2,18H2,1H3/t22-,23?,24+,25-,26-/m0/s1. The average molecular weight is 467 g/mol. The molecule has 1 N–H and O–H groups in total. The molecule has 0 aliphatic carbocycles. The van der Waals surface area contributed by atoms with E-state index in [-0.39, 0.29) is 38.1 Å². The molecule has 1 aliphatic heterocycles. The molecule has 0 amide bonds. The molecule has 0 radical (unpaired) electrons. The van der Waals surface area contributed by atoms with Gasteiger partial charge >= 0.3 is 185 Å². The second kappa shape index (κ2) is 10.4. The van der Waals surface area contributed by atoms with Crippen LogP contribution < -0.4 is 4.46 Å². The molecule has 30 heavy (non-hydrogen) atoms. The summed E-state index contributed by atoms with van der Waals surface area (Å²) in [4.78, 5) is 0.179. The fourth-order valence-corrected chi connectivity index (χ4v) is 6.28. The van der Waals surface area contributed by atoms with Crippen LogP contribution in [-0.4, -0.2) is 38.9 Å². The molecule has 0 spiro atoms. The SMILES string of the molecule is CCC([Se]c1ccccc1)[C@H](O)[C@@H]1CO[C@@H](c2ccccc2)[C@H](c2ccccc2)O1. The topological polar surface area (TPSA) is 38.7 Å². The van der Waals surface area contributed by atoms with Gasteiger partial charge < -0.3 is 0 Å². The molecule has 1 fully saturated rings. The quantitative estimate of drug-likeness (QED) is 0.521. The van der Waals surface area contributed by atoms with Gasteiger partial charge in [0.05, 0.1) is 0 Å². The zero-order chi connectivity index (χ0) is 20.8. The molecule has 5 atom stereocenters. The van der Waals surface area contributed by atoms with E-state index in [1.54, 1.807) is 0 Å². The zero-order valence-corrected chi connectivity index (χ0v) is 18.8. The van der Waals surface area contributed by atoms with Gasteiger partial charge in [0, 0.05) is 0 Å². The Morgan fingerprint density at radius 1 is 0.833 bits per heavy atom. The van der Waals surface area contributed by atoms with Crippen molar-refractivity contribution in [3.8, 4) is 0 Å². The summed E-state index contributed by atoms with van der Waals surface area (Å²) in [5.74, 6) is 0. The van der Waals surface area contributed by atoms with Gasteiger partial charge in [-0.1, -0.05) is 0 Å². The third kappa shape index (κ3) is 5.03. The molecule has 3 aromatic carbocycles. The summed E-state index contributed by atoms with van der Waals surface area (Å²) in [5.41, 5.74) is 2.17. The van der Waals surface area contributed by atoms with E-state index in [1.165, 1.54) is 4.46 Å². The maximum absolute atomic E-state index is 11.2. The Morgan fingerprint density at radius 3 is 1.93 bits per heavy atom. The molecule has 3 nitrogen and oxygen atoms in total. The molecule has 4 heteroatoms. The first kappa shape index (κ1) is 21.3. The Labute approximate surface area is 185 Å². The molecule has 156 valence electrons. The fraction of sp³-hybridized carbons (Fsp3) is 0.308. The third-order valence-corrected chi connectivity index (χ3v) is 8.55. The summed E-state index contributed by atoms with van der Waals surface area (Å²) in [5, 5.41) is 11.2. The minimum absolute atomic E-state index is 0.178. The molecule has 1 heterocycles. The second-order valence-electron chi connectivity index (χ2n) is 7.54. The minimum atomic E-state index is -0.557. The Hall–Kier alpha value is -1.94. The van der Waals surface area contributed by atoms with Crippen LogP contribution in [0.25, 0.3) is 0 Å². The summed E-state index contributed by atoms with van der Waals surface area (Å²) in [6, 6.07) is 30.9. The first-order chi connectivity index (χ1) is 14.8. The van der Waals surface area contributed by atoms with Crippen LogP contribution in [0, 0.1) is 0 Å². The molecular weight excluding hydrogens is 439 g/mol. The van der Waals surface area contributed by atoms with E-state index < -0.39 is 6.10 Å². The van der Waals surface area contributed by atoms with Crippen molar-refractivity contribution in [3.63, 3.8) is 0 Å².